The zero-order chi connectivity index (χ0) is 23.6. The Morgan fingerprint density at radius 1 is 1.39 bits per heavy atom. The first-order valence-corrected chi connectivity index (χ1v) is 11.7. The van der Waals surface area contributed by atoms with Crippen LogP contribution in [-0.2, 0) is 22.5 Å². The van der Waals surface area contributed by atoms with E-state index in [4.69, 9.17) is 15.5 Å². The second-order valence-corrected chi connectivity index (χ2v) is 9.15. The van der Waals surface area contributed by atoms with E-state index < -0.39 is 6.10 Å². The Hall–Kier alpha value is -2.83. The number of aromatic nitrogens is 1. The third-order valence-corrected chi connectivity index (χ3v) is 7.32. The molecule has 0 bridgehead atoms. The predicted octanol–water partition coefficient (Wildman–Crippen LogP) is 5.01. The van der Waals surface area contributed by atoms with Gasteiger partial charge in [0.2, 0.25) is 0 Å². The van der Waals surface area contributed by atoms with Gasteiger partial charge in [0, 0.05) is 35.4 Å². The monoisotopic (exact) mass is 447 g/mol. The molecule has 5 nitrogen and oxygen atoms in total. The summed E-state index contributed by atoms with van der Waals surface area (Å²) >= 11 is 0. The van der Waals surface area contributed by atoms with E-state index in [9.17, 15) is 9.18 Å². The van der Waals surface area contributed by atoms with Crippen molar-refractivity contribution >= 4 is 22.4 Å². The van der Waals surface area contributed by atoms with E-state index in [0.29, 0.717) is 24.2 Å². The lowest BCUT2D eigenvalue weighted by Crippen LogP contribution is -2.29. The molecule has 6 heteroatoms. The first-order chi connectivity index (χ1) is 15.8. The van der Waals surface area contributed by atoms with Crippen LogP contribution in [0.15, 0.2) is 35.6 Å². The van der Waals surface area contributed by atoms with Gasteiger partial charge in [-0.1, -0.05) is 13.5 Å². The van der Waals surface area contributed by atoms with Crippen LogP contribution in [0.3, 0.4) is 0 Å². The smallest absolute Gasteiger partial charge is 0.163 e. The Bertz CT molecular complexity index is 1290. The number of allylic oxidation sites excluding steroid dienone is 1. The molecule has 2 aliphatic heterocycles. The highest BCUT2D eigenvalue weighted by Crippen LogP contribution is 2.48. The van der Waals surface area contributed by atoms with Crippen LogP contribution in [-0.4, -0.2) is 28.4 Å². The van der Waals surface area contributed by atoms with Crippen LogP contribution in [0.1, 0.15) is 67.6 Å². The van der Waals surface area contributed by atoms with Crippen LogP contribution in [0.2, 0.25) is 0 Å². The first-order valence-electron chi connectivity index (χ1n) is 11.7. The van der Waals surface area contributed by atoms with E-state index >= 15 is 0 Å². The maximum Gasteiger partial charge on any atom is 0.163 e. The molecular weight excluding hydrogens is 417 g/mol. The molecule has 0 unspecified atom stereocenters. The van der Waals surface area contributed by atoms with Crippen LogP contribution in [0.5, 0.6) is 0 Å². The average Bonchev–Trinajstić information content (AvgIpc) is 3.15. The number of halogens is 1. The van der Waals surface area contributed by atoms with E-state index in [1.807, 2.05) is 19.9 Å². The molecule has 1 aliphatic carbocycles. The van der Waals surface area contributed by atoms with Gasteiger partial charge in [-0.2, -0.15) is 0 Å². The van der Waals surface area contributed by atoms with Crippen molar-refractivity contribution in [2.75, 3.05) is 6.61 Å². The van der Waals surface area contributed by atoms with Crippen molar-refractivity contribution in [1.29, 1.82) is 0 Å². The Labute approximate surface area is 193 Å². The molecular formula is C27H30FN3O2. The summed E-state index contributed by atoms with van der Waals surface area (Å²) in [6, 6.07) is 1.41. The van der Waals surface area contributed by atoms with Gasteiger partial charge >= 0.3 is 0 Å². The zero-order valence-corrected chi connectivity index (χ0v) is 19.7. The summed E-state index contributed by atoms with van der Waals surface area (Å²) in [4.78, 5) is 19.6. The fourth-order valence-corrected chi connectivity index (χ4v) is 5.74. The van der Waals surface area contributed by atoms with Crippen LogP contribution in [0.25, 0.3) is 16.6 Å². The van der Waals surface area contributed by atoms with Gasteiger partial charge in [-0.3, -0.25) is 4.79 Å². The predicted molar refractivity (Wildman–Crippen MR) is 128 cm³/mol. The lowest BCUT2D eigenvalue weighted by atomic mass is 9.82. The quantitative estimate of drug-likeness (QED) is 0.698. The third-order valence-electron chi connectivity index (χ3n) is 7.32. The number of fused-ring (bicyclic) bond motifs is 4. The fourth-order valence-electron chi connectivity index (χ4n) is 5.74. The molecule has 0 saturated heterocycles. The van der Waals surface area contributed by atoms with Crippen molar-refractivity contribution in [3.63, 3.8) is 0 Å². The summed E-state index contributed by atoms with van der Waals surface area (Å²) in [6.07, 6.45) is 3.65. The molecule has 1 aromatic heterocycles. The fraction of sp³-hybridized carbons (Fsp3) is 0.407. The number of ketones is 1. The SMILES string of the molecule is C=C1C(CC)=C([C@H](OCC)C(C)=O)C=C2c3nc4cc(F)c(C)c5c4c(c3CN12)[C@@H](N)CC5. The molecule has 2 aromatic rings. The van der Waals surface area contributed by atoms with Gasteiger partial charge in [0.25, 0.3) is 0 Å². The largest absolute Gasteiger partial charge is 0.366 e. The number of ether oxygens (including phenoxy) is 1. The molecule has 0 spiro atoms. The number of carbonyl (C=O) groups is 1. The summed E-state index contributed by atoms with van der Waals surface area (Å²) in [5, 5.41) is 1.01. The van der Waals surface area contributed by atoms with Gasteiger partial charge in [-0.25, -0.2) is 9.37 Å². The molecule has 1 aromatic carbocycles. The number of hydrogen-bond donors (Lipinski definition) is 1. The lowest BCUT2D eigenvalue weighted by Gasteiger charge is -2.32. The summed E-state index contributed by atoms with van der Waals surface area (Å²) in [5.41, 5.74) is 15.6. The van der Waals surface area contributed by atoms with Crippen molar-refractivity contribution in [2.24, 2.45) is 5.73 Å². The van der Waals surface area contributed by atoms with Gasteiger partial charge in [0.15, 0.2) is 5.78 Å². The lowest BCUT2D eigenvalue weighted by molar-refractivity contribution is -0.125. The van der Waals surface area contributed by atoms with Crippen LogP contribution < -0.4 is 5.73 Å². The van der Waals surface area contributed by atoms with E-state index in [-0.39, 0.29) is 17.6 Å². The second kappa shape index (κ2) is 7.89. The van der Waals surface area contributed by atoms with Gasteiger partial charge in [-0.05, 0) is 73.9 Å². The maximum atomic E-state index is 14.8. The number of nitrogens with two attached hydrogens (primary N) is 1. The minimum atomic E-state index is -0.645. The Balaban J connectivity index is 1.78. The van der Waals surface area contributed by atoms with E-state index in [1.54, 1.807) is 6.92 Å². The highest BCUT2D eigenvalue weighted by atomic mass is 19.1. The molecule has 172 valence electrons. The van der Waals surface area contributed by atoms with Gasteiger partial charge in [0.1, 0.15) is 11.9 Å². The highest BCUT2D eigenvalue weighted by molar-refractivity contribution is 5.94. The summed E-state index contributed by atoms with van der Waals surface area (Å²) in [7, 11) is 0. The number of benzene rings is 1. The first kappa shape index (κ1) is 22.0. The Kier molecular flexibility index (Phi) is 5.26. The molecule has 33 heavy (non-hydrogen) atoms. The van der Waals surface area contributed by atoms with E-state index in [2.05, 4.69) is 18.4 Å². The van der Waals surface area contributed by atoms with Crippen molar-refractivity contribution in [3.8, 4) is 0 Å². The second-order valence-electron chi connectivity index (χ2n) is 9.15. The highest BCUT2D eigenvalue weighted by Gasteiger charge is 2.39. The van der Waals surface area contributed by atoms with Crippen LogP contribution in [0, 0.1) is 12.7 Å². The summed E-state index contributed by atoms with van der Waals surface area (Å²) < 4.78 is 20.6. The summed E-state index contributed by atoms with van der Waals surface area (Å²) in [6.45, 7) is 12.8. The minimum Gasteiger partial charge on any atom is -0.366 e. The summed E-state index contributed by atoms with van der Waals surface area (Å²) in [5.74, 6) is -0.273. The molecule has 3 heterocycles. The van der Waals surface area contributed by atoms with E-state index in [1.165, 1.54) is 6.07 Å². The van der Waals surface area contributed by atoms with Crippen LogP contribution >= 0.6 is 0 Å². The Morgan fingerprint density at radius 2 is 2.15 bits per heavy atom. The van der Waals surface area contributed by atoms with Crippen molar-refractivity contribution < 1.29 is 13.9 Å². The van der Waals surface area contributed by atoms with Gasteiger partial charge in [-0.15, -0.1) is 0 Å². The third kappa shape index (κ3) is 3.11. The Morgan fingerprint density at radius 3 is 2.82 bits per heavy atom. The topological polar surface area (TPSA) is 68.5 Å². The number of Topliss-reactive ketones (excluding diaryl/α,β-unsaturated/α-hetero) is 1. The van der Waals surface area contributed by atoms with Crippen molar-refractivity contribution in [3.05, 3.63) is 69.3 Å². The number of carbonyl (C=O) groups excluding carboxylic acids is 1. The number of nitrogens with zero attached hydrogens (tertiary/aromatic N) is 2. The molecule has 0 fully saturated rings. The van der Waals surface area contributed by atoms with Crippen LogP contribution in [0.4, 0.5) is 4.39 Å². The normalized spacial score (nSPS) is 20.2. The molecule has 3 aliphatic rings. The van der Waals surface area contributed by atoms with Crippen molar-refractivity contribution in [1.82, 2.24) is 9.88 Å². The van der Waals surface area contributed by atoms with Gasteiger partial charge < -0.3 is 15.4 Å². The molecule has 0 saturated carbocycles. The molecule has 5 rings (SSSR count). The standard InChI is InChI=1S/C27H30FN3O2/c1-6-16-14(4)31-12-19-24-21(29)9-8-17-13(3)20(28)11-22(25(17)24)30-26(19)23(31)10-18(16)27(15(5)32)33-7-2/h10-11,21,27H,4,6-9,12,29H2,1-3,5H3/t21-,27+/m0/s1. The molecule has 2 N–H and O–H groups in total. The van der Waals surface area contributed by atoms with Crippen molar-refractivity contribution in [2.45, 2.75) is 65.6 Å². The van der Waals surface area contributed by atoms with Gasteiger partial charge in [0.05, 0.1) is 23.5 Å². The molecule has 2 atom stereocenters. The molecule has 0 radical (unpaired) electrons. The maximum absolute atomic E-state index is 14.8. The number of aryl methyl sites for hydroxylation is 1. The number of rotatable bonds is 5. The zero-order valence-electron chi connectivity index (χ0n) is 19.7. The average molecular weight is 448 g/mol. The minimum absolute atomic E-state index is 0.0418. The number of pyridine rings is 1. The number of hydrogen-bond acceptors (Lipinski definition) is 5. The molecule has 0 amide bonds. The van der Waals surface area contributed by atoms with E-state index in [0.717, 1.165) is 69.6 Å².